The van der Waals surface area contributed by atoms with E-state index < -0.39 is 0 Å². The molecule has 1 heterocycles. The number of hydrogen-bond acceptors (Lipinski definition) is 4. The molecule has 1 aromatic rings. The summed E-state index contributed by atoms with van der Waals surface area (Å²) in [6.45, 7) is 5.37. The van der Waals surface area contributed by atoms with Crippen LogP contribution in [0.15, 0.2) is 29.3 Å². The largest absolute Gasteiger partial charge is 0.490 e. The van der Waals surface area contributed by atoms with Crippen molar-refractivity contribution in [1.29, 1.82) is 0 Å². The Morgan fingerprint density at radius 1 is 1.26 bits per heavy atom. The molecule has 4 heteroatoms. The molecule has 0 radical (unpaired) electrons. The van der Waals surface area contributed by atoms with Crippen LogP contribution in [0.2, 0.25) is 0 Å². The van der Waals surface area contributed by atoms with Gasteiger partial charge in [0.1, 0.15) is 19.0 Å². The minimum Gasteiger partial charge on any atom is -0.490 e. The maximum atomic E-state index is 9.97. The van der Waals surface area contributed by atoms with Crippen molar-refractivity contribution in [2.45, 2.75) is 32.2 Å². The Hall–Kier alpha value is -1.84. The first-order valence-electron chi connectivity index (χ1n) is 6.48. The summed E-state index contributed by atoms with van der Waals surface area (Å²) in [5.74, 6) is 0.774. The Kier molecular flexibility index (Phi) is 4.20. The van der Waals surface area contributed by atoms with E-state index in [1.165, 1.54) is 5.71 Å². The lowest BCUT2D eigenvalue weighted by Gasteiger charge is -2.10. The number of hydrogen-bond donors (Lipinski definition) is 0. The molecule has 1 aliphatic rings. The lowest BCUT2D eigenvalue weighted by atomic mass is 10.0. The Morgan fingerprint density at radius 3 is 2.58 bits per heavy atom. The normalized spacial score (nSPS) is 16.8. The molecule has 1 aromatic carbocycles. The van der Waals surface area contributed by atoms with Crippen LogP contribution in [0, 0.1) is 0 Å². The first-order valence-corrected chi connectivity index (χ1v) is 6.48. The zero-order valence-electron chi connectivity index (χ0n) is 11.4. The Morgan fingerprint density at radius 2 is 2.00 bits per heavy atom. The molecule has 102 valence electrons. The molecule has 0 amide bonds. The second-order valence-corrected chi connectivity index (χ2v) is 5.21. The number of carbonyl (C=O) groups excluding carboxylic acids is 1. The SMILES string of the molecule is CC1(C)CCC(c2ccc(OCCOC=O)cc2)=N1. The number of rotatable bonds is 6. The van der Waals surface area contributed by atoms with Gasteiger partial charge in [-0.2, -0.15) is 0 Å². The maximum absolute atomic E-state index is 9.97. The molecule has 4 nitrogen and oxygen atoms in total. The number of nitrogens with zero attached hydrogens (tertiary/aromatic N) is 1. The van der Waals surface area contributed by atoms with Gasteiger partial charge in [-0.25, -0.2) is 0 Å². The van der Waals surface area contributed by atoms with Gasteiger partial charge in [-0.05, 0) is 56.5 Å². The third kappa shape index (κ3) is 3.81. The molecule has 0 N–H and O–H groups in total. The number of benzene rings is 1. The van der Waals surface area contributed by atoms with Crippen molar-refractivity contribution in [3.63, 3.8) is 0 Å². The molecule has 0 saturated carbocycles. The first kappa shape index (κ1) is 13.6. The average Bonchev–Trinajstić information content (AvgIpc) is 2.76. The third-order valence-electron chi connectivity index (χ3n) is 3.14. The van der Waals surface area contributed by atoms with E-state index in [0.29, 0.717) is 13.1 Å². The smallest absolute Gasteiger partial charge is 0.293 e. The molecule has 0 aromatic heterocycles. The Labute approximate surface area is 113 Å². The van der Waals surface area contributed by atoms with Crippen LogP contribution in [0.1, 0.15) is 32.3 Å². The fourth-order valence-corrected chi connectivity index (χ4v) is 2.11. The van der Waals surface area contributed by atoms with E-state index in [1.54, 1.807) is 0 Å². The molecule has 0 fully saturated rings. The number of aliphatic imine (C=N–C) groups is 1. The first-order chi connectivity index (χ1) is 9.11. The minimum atomic E-state index is 0.0661. The summed E-state index contributed by atoms with van der Waals surface area (Å²) in [6, 6.07) is 7.89. The molecule has 0 bridgehead atoms. The van der Waals surface area contributed by atoms with E-state index in [4.69, 9.17) is 9.73 Å². The second kappa shape index (κ2) is 5.87. The molecule has 19 heavy (non-hydrogen) atoms. The molecule has 0 saturated heterocycles. The van der Waals surface area contributed by atoms with E-state index in [1.807, 2.05) is 24.3 Å². The molecule has 2 rings (SSSR count). The third-order valence-corrected chi connectivity index (χ3v) is 3.14. The van der Waals surface area contributed by atoms with Gasteiger partial charge in [-0.1, -0.05) is 0 Å². The molecule has 0 spiro atoms. The summed E-state index contributed by atoms with van der Waals surface area (Å²) in [7, 11) is 0. The predicted octanol–water partition coefficient (Wildman–Crippen LogP) is 2.60. The quantitative estimate of drug-likeness (QED) is 0.584. The minimum absolute atomic E-state index is 0.0661. The van der Waals surface area contributed by atoms with Gasteiger partial charge in [0, 0.05) is 5.71 Å². The lowest BCUT2D eigenvalue weighted by Crippen LogP contribution is -2.10. The van der Waals surface area contributed by atoms with Gasteiger partial charge in [0.15, 0.2) is 0 Å². The van der Waals surface area contributed by atoms with E-state index >= 15 is 0 Å². The van der Waals surface area contributed by atoms with Crippen LogP contribution in [-0.2, 0) is 9.53 Å². The predicted molar refractivity (Wildman–Crippen MR) is 73.8 cm³/mol. The van der Waals surface area contributed by atoms with E-state index in [0.717, 1.165) is 24.2 Å². The van der Waals surface area contributed by atoms with Crippen LogP contribution in [0.5, 0.6) is 5.75 Å². The summed E-state index contributed by atoms with van der Waals surface area (Å²) in [5, 5.41) is 0. The highest BCUT2D eigenvalue weighted by Crippen LogP contribution is 2.27. The van der Waals surface area contributed by atoms with Gasteiger partial charge in [0.25, 0.3) is 6.47 Å². The fourth-order valence-electron chi connectivity index (χ4n) is 2.11. The standard InChI is InChI=1S/C15H19NO3/c1-15(2)8-7-14(16-15)12-3-5-13(6-4-12)19-10-9-18-11-17/h3-6,11H,7-10H2,1-2H3. The van der Waals surface area contributed by atoms with Crippen molar-refractivity contribution in [1.82, 2.24) is 0 Å². The Balaban J connectivity index is 1.93. The van der Waals surface area contributed by atoms with Crippen molar-refractivity contribution >= 4 is 12.2 Å². The zero-order valence-corrected chi connectivity index (χ0v) is 11.4. The van der Waals surface area contributed by atoms with Crippen LogP contribution < -0.4 is 4.74 Å². The number of carbonyl (C=O) groups is 1. The van der Waals surface area contributed by atoms with Crippen LogP contribution in [0.4, 0.5) is 0 Å². The second-order valence-electron chi connectivity index (χ2n) is 5.21. The fraction of sp³-hybridized carbons (Fsp3) is 0.467. The van der Waals surface area contributed by atoms with Gasteiger partial charge < -0.3 is 9.47 Å². The van der Waals surface area contributed by atoms with Gasteiger partial charge in [-0.15, -0.1) is 0 Å². The summed E-state index contributed by atoms with van der Waals surface area (Å²) in [4.78, 5) is 14.7. The highest BCUT2D eigenvalue weighted by Gasteiger charge is 2.24. The van der Waals surface area contributed by atoms with Crippen LogP contribution >= 0.6 is 0 Å². The van der Waals surface area contributed by atoms with Crippen LogP contribution in [0.25, 0.3) is 0 Å². The monoisotopic (exact) mass is 261 g/mol. The molecule has 0 unspecified atom stereocenters. The average molecular weight is 261 g/mol. The molecule has 1 aliphatic heterocycles. The molecular weight excluding hydrogens is 242 g/mol. The summed E-state index contributed by atoms with van der Waals surface area (Å²) in [6.07, 6.45) is 2.13. The van der Waals surface area contributed by atoms with Crippen molar-refractivity contribution in [2.24, 2.45) is 4.99 Å². The molecular formula is C15H19NO3. The maximum Gasteiger partial charge on any atom is 0.293 e. The van der Waals surface area contributed by atoms with Crippen molar-refractivity contribution < 1.29 is 14.3 Å². The zero-order chi connectivity index (χ0) is 13.7. The molecule has 0 aliphatic carbocycles. The highest BCUT2D eigenvalue weighted by atomic mass is 16.5. The highest BCUT2D eigenvalue weighted by molar-refractivity contribution is 6.02. The summed E-state index contributed by atoms with van der Waals surface area (Å²) in [5.41, 5.74) is 2.39. The van der Waals surface area contributed by atoms with Gasteiger partial charge in [-0.3, -0.25) is 9.79 Å². The van der Waals surface area contributed by atoms with Gasteiger partial charge in [0.05, 0.1) is 5.54 Å². The van der Waals surface area contributed by atoms with E-state index in [-0.39, 0.29) is 12.1 Å². The van der Waals surface area contributed by atoms with E-state index in [9.17, 15) is 4.79 Å². The van der Waals surface area contributed by atoms with Crippen LogP contribution in [0.3, 0.4) is 0 Å². The Bertz CT molecular complexity index is 463. The summed E-state index contributed by atoms with van der Waals surface area (Å²) >= 11 is 0. The van der Waals surface area contributed by atoms with Crippen molar-refractivity contribution in [3.05, 3.63) is 29.8 Å². The van der Waals surface area contributed by atoms with Gasteiger partial charge in [0.2, 0.25) is 0 Å². The topological polar surface area (TPSA) is 47.9 Å². The van der Waals surface area contributed by atoms with Crippen LogP contribution in [-0.4, -0.2) is 30.9 Å². The lowest BCUT2D eigenvalue weighted by molar-refractivity contribution is -0.129. The van der Waals surface area contributed by atoms with Crippen molar-refractivity contribution in [3.8, 4) is 5.75 Å². The van der Waals surface area contributed by atoms with Gasteiger partial charge >= 0.3 is 0 Å². The summed E-state index contributed by atoms with van der Waals surface area (Å²) < 4.78 is 10.0. The van der Waals surface area contributed by atoms with Crippen molar-refractivity contribution in [2.75, 3.05) is 13.2 Å². The van der Waals surface area contributed by atoms with E-state index in [2.05, 4.69) is 18.6 Å². The number of ether oxygens (including phenoxy) is 2. The molecule has 0 atom stereocenters.